The van der Waals surface area contributed by atoms with Crippen molar-refractivity contribution in [2.24, 2.45) is 0 Å². The van der Waals surface area contributed by atoms with E-state index in [0.29, 0.717) is 10.0 Å². The maximum absolute atomic E-state index is 13.5. The number of ether oxygens (including phenoxy) is 1. The Kier molecular flexibility index (Phi) is 6.85. The predicted octanol–water partition coefficient (Wildman–Crippen LogP) is 5.81. The highest BCUT2D eigenvalue weighted by molar-refractivity contribution is 6.30. The molecule has 1 aliphatic heterocycles. The predicted molar refractivity (Wildman–Crippen MR) is 119 cm³/mol. The number of carboxylic acid groups (broad SMARTS) is 1. The van der Waals surface area contributed by atoms with Crippen LogP contribution in [0.3, 0.4) is 0 Å². The highest BCUT2D eigenvalue weighted by Gasteiger charge is 2.47. The maximum Gasteiger partial charge on any atom is 0.306 e. The molecule has 1 aliphatic carbocycles. The van der Waals surface area contributed by atoms with Crippen molar-refractivity contribution in [1.82, 2.24) is 4.90 Å². The third-order valence-corrected chi connectivity index (χ3v) is 6.63. The maximum atomic E-state index is 13.5. The smallest absolute Gasteiger partial charge is 0.306 e. The van der Waals surface area contributed by atoms with Crippen LogP contribution in [0, 0.1) is 0 Å². The number of nitrogens with zero attached hydrogens (tertiary/aromatic N) is 1. The SMILES string of the molecule is O=C(O)C[C@H]1O[C@H](c2cccc(Cl)c2)C(c2ccc(Cl)cc2)N(C2CCCCC2)C1=O. The largest absolute Gasteiger partial charge is 0.481 e. The second-order valence-corrected chi connectivity index (χ2v) is 9.10. The van der Waals surface area contributed by atoms with E-state index in [4.69, 9.17) is 27.9 Å². The van der Waals surface area contributed by atoms with E-state index in [-0.39, 0.29) is 18.4 Å². The van der Waals surface area contributed by atoms with Gasteiger partial charge in [0.05, 0.1) is 12.5 Å². The summed E-state index contributed by atoms with van der Waals surface area (Å²) in [4.78, 5) is 26.9. The van der Waals surface area contributed by atoms with Crippen LogP contribution < -0.4 is 0 Å². The monoisotopic (exact) mass is 461 g/mol. The van der Waals surface area contributed by atoms with Gasteiger partial charge in [0, 0.05) is 16.1 Å². The summed E-state index contributed by atoms with van der Waals surface area (Å²) in [6.45, 7) is 0. The standard InChI is InChI=1S/C24H25Cl2NO4/c25-17-11-9-15(10-12-17)22-23(16-5-4-6-18(26)13-16)31-20(14-21(28)29)24(30)27(22)19-7-2-1-3-8-19/h4-6,9-13,19-20,22-23H,1-3,7-8,14H2,(H,28,29)/t20-,22?,23-/m1/s1. The van der Waals surface area contributed by atoms with Gasteiger partial charge in [0.1, 0.15) is 12.2 Å². The minimum absolute atomic E-state index is 0.0452. The molecule has 0 radical (unpaired) electrons. The molecule has 0 spiro atoms. The first-order valence-electron chi connectivity index (χ1n) is 10.6. The van der Waals surface area contributed by atoms with Gasteiger partial charge < -0.3 is 14.7 Å². The molecular formula is C24H25Cl2NO4. The van der Waals surface area contributed by atoms with Crippen molar-refractivity contribution in [2.45, 2.75) is 62.8 Å². The van der Waals surface area contributed by atoms with Crippen molar-refractivity contribution < 1.29 is 19.4 Å². The number of aliphatic carboxylic acids is 1. The fraction of sp³-hybridized carbons (Fsp3) is 0.417. The lowest BCUT2D eigenvalue weighted by molar-refractivity contribution is -0.184. The van der Waals surface area contributed by atoms with Crippen LogP contribution in [0.4, 0.5) is 0 Å². The second kappa shape index (κ2) is 9.60. The zero-order chi connectivity index (χ0) is 22.0. The summed E-state index contributed by atoms with van der Waals surface area (Å²) >= 11 is 12.4. The minimum atomic E-state index is -1.06. The van der Waals surface area contributed by atoms with Gasteiger partial charge >= 0.3 is 5.97 Å². The number of amides is 1. The molecule has 7 heteroatoms. The van der Waals surface area contributed by atoms with Crippen LogP contribution in [0.15, 0.2) is 48.5 Å². The van der Waals surface area contributed by atoms with Crippen LogP contribution in [0.5, 0.6) is 0 Å². The molecule has 2 aliphatic rings. The van der Waals surface area contributed by atoms with Crippen molar-refractivity contribution in [1.29, 1.82) is 0 Å². The summed E-state index contributed by atoms with van der Waals surface area (Å²) in [7, 11) is 0. The van der Waals surface area contributed by atoms with Crippen molar-refractivity contribution >= 4 is 35.1 Å². The molecule has 1 N–H and O–H groups in total. The summed E-state index contributed by atoms with van der Waals surface area (Å²) in [5, 5.41) is 10.6. The Morgan fingerprint density at radius 3 is 2.35 bits per heavy atom. The molecule has 2 fully saturated rings. The topological polar surface area (TPSA) is 66.8 Å². The Morgan fingerprint density at radius 1 is 1.00 bits per heavy atom. The molecule has 5 nitrogen and oxygen atoms in total. The Hall–Kier alpha value is -2.08. The average Bonchev–Trinajstić information content (AvgIpc) is 2.76. The van der Waals surface area contributed by atoms with Crippen molar-refractivity contribution in [3.63, 3.8) is 0 Å². The molecule has 4 rings (SSSR count). The molecule has 2 aromatic carbocycles. The Balaban J connectivity index is 1.82. The summed E-state index contributed by atoms with van der Waals surface area (Å²) in [6.07, 6.45) is 3.11. The summed E-state index contributed by atoms with van der Waals surface area (Å²) in [5.74, 6) is -1.32. The molecule has 164 valence electrons. The van der Waals surface area contributed by atoms with E-state index in [9.17, 15) is 14.7 Å². The van der Waals surface area contributed by atoms with Crippen LogP contribution >= 0.6 is 23.2 Å². The number of carbonyl (C=O) groups excluding carboxylic acids is 1. The first kappa shape index (κ1) is 22.1. The Morgan fingerprint density at radius 2 is 1.71 bits per heavy atom. The molecule has 1 amide bonds. The molecule has 0 aromatic heterocycles. The van der Waals surface area contributed by atoms with E-state index in [2.05, 4.69) is 0 Å². The van der Waals surface area contributed by atoms with Gasteiger partial charge in [-0.25, -0.2) is 0 Å². The highest BCUT2D eigenvalue weighted by atomic mass is 35.5. The van der Waals surface area contributed by atoms with Gasteiger partial charge in [-0.15, -0.1) is 0 Å². The van der Waals surface area contributed by atoms with Crippen molar-refractivity contribution in [2.75, 3.05) is 0 Å². The number of hydrogen-bond acceptors (Lipinski definition) is 3. The van der Waals surface area contributed by atoms with E-state index in [1.807, 2.05) is 35.2 Å². The molecule has 1 saturated carbocycles. The lowest BCUT2D eigenvalue weighted by Crippen LogP contribution is -2.55. The number of carboxylic acids is 1. The molecule has 31 heavy (non-hydrogen) atoms. The fourth-order valence-corrected chi connectivity index (χ4v) is 5.08. The van der Waals surface area contributed by atoms with Crippen LogP contribution in [0.1, 0.15) is 61.8 Å². The lowest BCUT2D eigenvalue weighted by Gasteiger charge is -2.49. The average molecular weight is 462 g/mol. The summed E-state index contributed by atoms with van der Waals surface area (Å²) in [6, 6.07) is 14.4. The first-order valence-corrected chi connectivity index (χ1v) is 11.4. The Labute approximate surface area is 191 Å². The Bertz CT molecular complexity index is 943. The van der Waals surface area contributed by atoms with E-state index in [1.54, 1.807) is 18.2 Å². The molecule has 1 heterocycles. The first-order chi connectivity index (χ1) is 14.9. The fourth-order valence-electron chi connectivity index (χ4n) is 4.76. The van der Waals surface area contributed by atoms with Crippen LogP contribution in [-0.4, -0.2) is 34.0 Å². The number of rotatable bonds is 5. The van der Waals surface area contributed by atoms with Gasteiger partial charge in [-0.2, -0.15) is 0 Å². The molecule has 3 atom stereocenters. The van der Waals surface area contributed by atoms with Crippen LogP contribution in [0.25, 0.3) is 0 Å². The molecule has 1 unspecified atom stereocenters. The molecule has 1 saturated heterocycles. The number of benzene rings is 2. The van der Waals surface area contributed by atoms with E-state index in [0.717, 1.165) is 43.2 Å². The van der Waals surface area contributed by atoms with Crippen LogP contribution in [0.2, 0.25) is 10.0 Å². The minimum Gasteiger partial charge on any atom is -0.481 e. The van der Waals surface area contributed by atoms with E-state index in [1.165, 1.54) is 0 Å². The highest BCUT2D eigenvalue weighted by Crippen LogP contribution is 2.45. The number of halogens is 2. The van der Waals surface area contributed by atoms with Crippen LogP contribution in [-0.2, 0) is 14.3 Å². The quantitative estimate of drug-likeness (QED) is 0.609. The van der Waals surface area contributed by atoms with Gasteiger partial charge in [-0.05, 0) is 48.2 Å². The van der Waals surface area contributed by atoms with Crippen molar-refractivity contribution in [3.8, 4) is 0 Å². The number of hydrogen-bond donors (Lipinski definition) is 1. The van der Waals surface area contributed by atoms with Gasteiger partial charge in [0.2, 0.25) is 0 Å². The summed E-state index contributed by atoms with van der Waals surface area (Å²) < 4.78 is 6.21. The summed E-state index contributed by atoms with van der Waals surface area (Å²) in [5.41, 5.74) is 1.72. The molecule has 2 aromatic rings. The number of carbonyl (C=O) groups is 2. The van der Waals surface area contributed by atoms with Gasteiger partial charge in [-0.3, -0.25) is 9.59 Å². The second-order valence-electron chi connectivity index (χ2n) is 8.23. The molecular weight excluding hydrogens is 437 g/mol. The zero-order valence-corrected chi connectivity index (χ0v) is 18.6. The number of morpholine rings is 1. The lowest BCUT2D eigenvalue weighted by atomic mass is 9.86. The van der Waals surface area contributed by atoms with Gasteiger partial charge in [0.25, 0.3) is 5.91 Å². The third-order valence-electron chi connectivity index (χ3n) is 6.14. The normalized spacial score (nSPS) is 24.9. The van der Waals surface area contributed by atoms with Crippen molar-refractivity contribution in [3.05, 3.63) is 69.7 Å². The van der Waals surface area contributed by atoms with Gasteiger partial charge in [0.15, 0.2) is 0 Å². The van der Waals surface area contributed by atoms with E-state index < -0.39 is 24.2 Å². The van der Waals surface area contributed by atoms with E-state index >= 15 is 0 Å². The van der Waals surface area contributed by atoms with Gasteiger partial charge in [-0.1, -0.05) is 66.7 Å². The zero-order valence-electron chi connectivity index (χ0n) is 17.0. The third kappa shape index (κ3) is 4.89. The molecule has 0 bridgehead atoms.